The van der Waals surface area contributed by atoms with Crippen LogP contribution >= 0.6 is 0 Å². The van der Waals surface area contributed by atoms with Crippen molar-refractivity contribution in [1.29, 1.82) is 0 Å². The zero-order valence-electron chi connectivity index (χ0n) is 16.1. The van der Waals surface area contributed by atoms with E-state index in [1.807, 2.05) is 26.0 Å². The van der Waals surface area contributed by atoms with Crippen LogP contribution in [-0.2, 0) is 10.0 Å². The van der Waals surface area contributed by atoms with Gasteiger partial charge in [0.2, 0.25) is 10.0 Å². The standard InChI is InChI=1S/C19H31N3O3S/c1-5-7-18-14(2)8-6-9-19(18)26(24,25)21-12-17(23)13-22-15(3)10-20-11-16(22)4/h5-9,15-17,20-21,23H,10-13H2,1-4H3/b7-5-/t15-,16+,17-/m1/s1. The Kier molecular flexibility index (Phi) is 7.37. The SMILES string of the molecule is C/C=C\c1c(C)cccc1S(=O)(=O)NC[C@@H](O)CN1[C@H](C)CNC[C@@H]1C. The van der Waals surface area contributed by atoms with Crippen molar-refractivity contribution in [1.82, 2.24) is 14.9 Å². The third-order valence-electron chi connectivity index (χ3n) is 4.85. The monoisotopic (exact) mass is 381 g/mol. The average molecular weight is 382 g/mol. The summed E-state index contributed by atoms with van der Waals surface area (Å²) in [5.41, 5.74) is 1.58. The normalized spacial score (nSPS) is 23.4. The van der Waals surface area contributed by atoms with Gasteiger partial charge in [-0.05, 0) is 44.9 Å². The molecule has 1 fully saturated rings. The smallest absolute Gasteiger partial charge is 0.241 e. The highest BCUT2D eigenvalue weighted by Gasteiger charge is 2.27. The lowest BCUT2D eigenvalue weighted by Gasteiger charge is -2.40. The lowest BCUT2D eigenvalue weighted by atomic mass is 10.1. The van der Waals surface area contributed by atoms with E-state index in [4.69, 9.17) is 0 Å². The van der Waals surface area contributed by atoms with Gasteiger partial charge in [0.1, 0.15) is 0 Å². The van der Waals surface area contributed by atoms with Gasteiger partial charge in [0, 0.05) is 38.3 Å². The van der Waals surface area contributed by atoms with Crippen LogP contribution < -0.4 is 10.0 Å². The predicted octanol–water partition coefficient (Wildman–Crippen LogP) is 1.35. The zero-order valence-corrected chi connectivity index (χ0v) is 16.9. The van der Waals surface area contributed by atoms with Crippen molar-refractivity contribution in [3.05, 3.63) is 35.4 Å². The van der Waals surface area contributed by atoms with Gasteiger partial charge in [-0.3, -0.25) is 4.90 Å². The number of hydrogen-bond donors (Lipinski definition) is 3. The molecule has 0 radical (unpaired) electrons. The van der Waals surface area contributed by atoms with Crippen molar-refractivity contribution in [3.63, 3.8) is 0 Å². The Balaban J connectivity index is 2.05. The van der Waals surface area contributed by atoms with Crippen molar-refractivity contribution < 1.29 is 13.5 Å². The van der Waals surface area contributed by atoms with Gasteiger partial charge >= 0.3 is 0 Å². The third-order valence-corrected chi connectivity index (χ3v) is 6.33. The maximum Gasteiger partial charge on any atom is 0.241 e. The number of nitrogens with one attached hydrogen (secondary N) is 2. The maximum absolute atomic E-state index is 12.7. The van der Waals surface area contributed by atoms with Gasteiger partial charge in [-0.15, -0.1) is 0 Å². The molecule has 1 aromatic carbocycles. The number of aliphatic hydroxyl groups is 1. The fourth-order valence-electron chi connectivity index (χ4n) is 3.39. The van der Waals surface area contributed by atoms with E-state index < -0.39 is 16.1 Å². The number of aryl methyl sites for hydroxylation is 1. The van der Waals surface area contributed by atoms with Crippen molar-refractivity contribution in [3.8, 4) is 0 Å². The summed E-state index contributed by atoms with van der Waals surface area (Å²) < 4.78 is 28.0. The molecule has 26 heavy (non-hydrogen) atoms. The van der Waals surface area contributed by atoms with Crippen LogP contribution in [0.25, 0.3) is 6.08 Å². The summed E-state index contributed by atoms with van der Waals surface area (Å²) in [6, 6.07) is 5.83. The fraction of sp³-hybridized carbons (Fsp3) is 0.579. The first-order valence-corrected chi connectivity index (χ1v) is 10.6. The van der Waals surface area contributed by atoms with Gasteiger partial charge < -0.3 is 10.4 Å². The van der Waals surface area contributed by atoms with Crippen LogP contribution in [-0.4, -0.2) is 62.8 Å². The highest BCUT2D eigenvalue weighted by molar-refractivity contribution is 7.89. The van der Waals surface area contributed by atoms with Crippen LogP contribution in [0.1, 0.15) is 31.9 Å². The second-order valence-corrected chi connectivity index (χ2v) is 8.78. The highest BCUT2D eigenvalue weighted by Crippen LogP contribution is 2.21. The molecule has 1 aliphatic heterocycles. The topological polar surface area (TPSA) is 81.7 Å². The first-order chi connectivity index (χ1) is 12.3. The fourth-order valence-corrected chi connectivity index (χ4v) is 4.73. The molecule has 1 aliphatic rings. The molecule has 0 saturated carbocycles. The van der Waals surface area contributed by atoms with E-state index in [0.29, 0.717) is 24.2 Å². The molecule has 3 atom stereocenters. The number of allylic oxidation sites excluding steroid dienone is 1. The number of benzene rings is 1. The Labute approximate surface area is 157 Å². The minimum Gasteiger partial charge on any atom is -0.390 e. The summed E-state index contributed by atoms with van der Waals surface area (Å²) in [5, 5.41) is 13.7. The quantitative estimate of drug-likeness (QED) is 0.664. The van der Waals surface area contributed by atoms with E-state index in [9.17, 15) is 13.5 Å². The third kappa shape index (κ3) is 5.14. The Bertz CT molecular complexity index is 724. The van der Waals surface area contributed by atoms with E-state index in [2.05, 4.69) is 28.8 Å². The van der Waals surface area contributed by atoms with Gasteiger partial charge in [-0.1, -0.05) is 24.3 Å². The van der Waals surface area contributed by atoms with Gasteiger partial charge in [0.15, 0.2) is 0 Å². The molecule has 0 unspecified atom stereocenters. The van der Waals surface area contributed by atoms with Crippen LogP contribution in [0.3, 0.4) is 0 Å². The second-order valence-electron chi connectivity index (χ2n) is 7.05. The van der Waals surface area contributed by atoms with E-state index in [0.717, 1.165) is 18.7 Å². The minimum absolute atomic E-state index is 0.00504. The Hall–Kier alpha value is -1.25. The Morgan fingerprint density at radius 2 is 2.00 bits per heavy atom. The number of nitrogens with zero attached hydrogens (tertiary/aromatic N) is 1. The van der Waals surface area contributed by atoms with Crippen molar-refractivity contribution >= 4 is 16.1 Å². The van der Waals surface area contributed by atoms with Crippen molar-refractivity contribution in [2.75, 3.05) is 26.2 Å². The molecular formula is C19H31N3O3S. The molecule has 3 N–H and O–H groups in total. The zero-order chi connectivity index (χ0) is 19.3. The van der Waals surface area contributed by atoms with Gasteiger partial charge in [0.25, 0.3) is 0 Å². The Morgan fingerprint density at radius 1 is 1.35 bits per heavy atom. The molecule has 1 heterocycles. The van der Waals surface area contributed by atoms with Crippen molar-refractivity contribution in [2.45, 2.75) is 50.8 Å². The van der Waals surface area contributed by atoms with E-state index in [-0.39, 0.29) is 11.4 Å². The lowest BCUT2D eigenvalue weighted by Crippen LogP contribution is -2.57. The van der Waals surface area contributed by atoms with E-state index in [1.165, 1.54) is 0 Å². The first kappa shape index (κ1) is 21.1. The van der Waals surface area contributed by atoms with Gasteiger partial charge in [-0.25, -0.2) is 13.1 Å². The number of piperazine rings is 1. The molecule has 0 bridgehead atoms. The molecule has 7 heteroatoms. The summed E-state index contributed by atoms with van der Waals surface area (Å²) in [4.78, 5) is 2.46. The van der Waals surface area contributed by atoms with Crippen LogP contribution in [0.4, 0.5) is 0 Å². The highest BCUT2D eigenvalue weighted by atomic mass is 32.2. The number of aliphatic hydroxyl groups excluding tert-OH is 1. The summed E-state index contributed by atoms with van der Waals surface area (Å²) in [6.07, 6.45) is 2.86. The largest absolute Gasteiger partial charge is 0.390 e. The first-order valence-electron chi connectivity index (χ1n) is 9.12. The number of rotatable bonds is 7. The number of β-amino-alcohol motifs (C(OH)–C–C–N with tert-alkyl or cyclic N) is 1. The predicted molar refractivity (Wildman–Crippen MR) is 106 cm³/mol. The van der Waals surface area contributed by atoms with Crippen molar-refractivity contribution in [2.24, 2.45) is 0 Å². The molecule has 0 aromatic heterocycles. The number of sulfonamides is 1. The van der Waals surface area contributed by atoms with E-state index in [1.54, 1.807) is 18.2 Å². The molecule has 6 nitrogen and oxygen atoms in total. The molecule has 1 saturated heterocycles. The minimum atomic E-state index is -3.69. The molecule has 146 valence electrons. The van der Waals surface area contributed by atoms with Gasteiger partial charge in [0.05, 0.1) is 11.0 Å². The van der Waals surface area contributed by atoms with Crippen LogP contribution in [0.15, 0.2) is 29.2 Å². The molecule has 1 aromatic rings. The molecule has 0 spiro atoms. The molecular weight excluding hydrogens is 350 g/mol. The summed E-state index contributed by atoms with van der Waals surface area (Å²) in [6.45, 7) is 10.1. The van der Waals surface area contributed by atoms with Crippen LogP contribution in [0.5, 0.6) is 0 Å². The average Bonchev–Trinajstić information content (AvgIpc) is 2.58. The summed E-state index contributed by atoms with van der Waals surface area (Å²) in [7, 11) is -3.69. The van der Waals surface area contributed by atoms with Gasteiger partial charge in [-0.2, -0.15) is 0 Å². The maximum atomic E-state index is 12.7. The number of hydrogen-bond acceptors (Lipinski definition) is 5. The second kappa shape index (κ2) is 9.10. The summed E-state index contributed by atoms with van der Waals surface area (Å²) >= 11 is 0. The van der Waals surface area contributed by atoms with Crippen LogP contribution in [0, 0.1) is 6.92 Å². The molecule has 0 amide bonds. The van der Waals surface area contributed by atoms with E-state index >= 15 is 0 Å². The Morgan fingerprint density at radius 3 is 2.62 bits per heavy atom. The molecule has 2 rings (SSSR count). The molecule has 0 aliphatic carbocycles. The summed E-state index contributed by atoms with van der Waals surface area (Å²) in [5.74, 6) is 0. The van der Waals surface area contributed by atoms with Crippen LogP contribution in [0.2, 0.25) is 0 Å². The lowest BCUT2D eigenvalue weighted by molar-refractivity contribution is 0.0518.